The van der Waals surface area contributed by atoms with E-state index in [4.69, 9.17) is 17.3 Å². The van der Waals surface area contributed by atoms with Crippen molar-refractivity contribution < 1.29 is 0 Å². The molecule has 2 heteroatoms. The molecule has 0 saturated carbocycles. The van der Waals surface area contributed by atoms with Crippen molar-refractivity contribution >= 4 is 11.6 Å². The van der Waals surface area contributed by atoms with Crippen molar-refractivity contribution in [3.05, 3.63) is 47.5 Å². The fraction of sp³-hybridized carbons (Fsp3) is 0.273. The first-order chi connectivity index (χ1) is 6.27. The lowest BCUT2D eigenvalue weighted by atomic mass is 9.96. The molecule has 0 amide bonds. The van der Waals surface area contributed by atoms with Crippen LogP contribution < -0.4 is 5.73 Å². The minimum Gasteiger partial charge on any atom is -0.330 e. The standard InChI is InChI=1S/C11H14ClN/c1-2-3-10(8-13)9-4-6-11(12)7-5-9/h2,4-7,10H,1,3,8,13H2. The van der Waals surface area contributed by atoms with Gasteiger partial charge in [-0.3, -0.25) is 0 Å². The van der Waals surface area contributed by atoms with Crippen LogP contribution in [0.25, 0.3) is 0 Å². The molecule has 1 aromatic carbocycles. The van der Waals surface area contributed by atoms with Gasteiger partial charge < -0.3 is 5.73 Å². The monoisotopic (exact) mass is 195 g/mol. The molecule has 1 nitrogen and oxygen atoms in total. The summed E-state index contributed by atoms with van der Waals surface area (Å²) in [5, 5.41) is 0.762. The van der Waals surface area contributed by atoms with Gasteiger partial charge in [-0.2, -0.15) is 0 Å². The van der Waals surface area contributed by atoms with E-state index in [1.54, 1.807) is 0 Å². The second-order valence-corrected chi connectivity index (χ2v) is 3.44. The number of benzene rings is 1. The van der Waals surface area contributed by atoms with E-state index in [2.05, 4.69) is 6.58 Å². The Morgan fingerprint density at radius 2 is 2.00 bits per heavy atom. The van der Waals surface area contributed by atoms with E-state index in [9.17, 15) is 0 Å². The van der Waals surface area contributed by atoms with Gasteiger partial charge >= 0.3 is 0 Å². The lowest BCUT2D eigenvalue weighted by molar-refractivity contribution is 0.711. The van der Waals surface area contributed by atoms with Gasteiger partial charge in [-0.15, -0.1) is 6.58 Å². The lowest BCUT2D eigenvalue weighted by Gasteiger charge is -2.12. The third kappa shape index (κ3) is 2.87. The average molecular weight is 196 g/mol. The molecule has 0 saturated heterocycles. The second-order valence-electron chi connectivity index (χ2n) is 3.01. The van der Waals surface area contributed by atoms with Crippen LogP contribution in [0.5, 0.6) is 0 Å². The zero-order chi connectivity index (χ0) is 9.68. The van der Waals surface area contributed by atoms with E-state index >= 15 is 0 Å². The normalized spacial score (nSPS) is 12.5. The number of nitrogens with two attached hydrogens (primary N) is 1. The van der Waals surface area contributed by atoms with Crippen molar-refractivity contribution in [1.82, 2.24) is 0 Å². The smallest absolute Gasteiger partial charge is 0.0406 e. The molecular formula is C11H14ClN. The highest BCUT2D eigenvalue weighted by atomic mass is 35.5. The number of rotatable bonds is 4. The zero-order valence-corrected chi connectivity index (χ0v) is 8.30. The maximum absolute atomic E-state index is 5.79. The summed E-state index contributed by atoms with van der Waals surface area (Å²) in [6.07, 6.45) is 2.81. The number of halogens is 1. The fourth-order valence-electron chi connectivity index (χ4n) is 1.30. The van der Waals surface area contributed by atoms with Gasteiger partial charge in [0.2, 0.25) is 0 Å². The zero-order valence-electron chi connectivity index (χ0n) is 7.54. The van der Waals surface area contributed by atoms with Gasteiger partial charge in [0.25, 0.3) is 0 Å². The van der Waals surface area contributed by atoms with Gasteiger partial charge in [0.15, 0.2) is 0 Å². The summed E-state index contributed by atoms with van der Waals surface area (Å²) in [5.74, 6) is 0.370. The summed E-state index contributed by atoms with van der Waals surface area (Å²) in [6, 6.07) is 7.82. The largest absolute Gasteiger partial charge is 0.330 e. The predicted molar refractivity (Wildman–Crippen MR) is 58.1 cm³/mol. The van der Waals surface area contributed by atoms with E-state index in [-0.39, 0.29) is 0 Å². The fourth-order valence-corrected chi connectivity index (χ4v) is 1.43. The van der Waals surface area contributed by atoms with Crippen molar-refractivity contribution in [2.75, 3.05) is 6.54 Å². The van der Waals surface area contributed by atoms with Crippen molar-refractivity contribution in [2.45, 2.75) is 12.3 Å². The van der Waals surface area contributed by atoms with Crippen LogP contribution >= 0.6 is 11.6 Å². The van der Waals surface area contributed by atoms with Crippen LogP contribution in [0.3, 0.4) is 0 Å². The topological polar surface area (TPSA) is 26.0 Å². The van der Waals surface area contributed by atoms with Gasteiger partial charge in [0.1, 0.15) is 0 Å². The Labute approximate surface area is 84.2 Å². The number of hydrogen-bond donors (Lipinski definition) is 1. The highest BCUT2D eigenvalue weighted by Crippen LogP contribution is 2.20. The third-order valence-electron chi connectivity index (χ3n) is 2.08. The molecule has 0 bridgehead atoms. The molecule has 0 aliphatic rings. The van der Waals surface area contributed by atoms with Gasteiger partial charge in [-0.05, 0) is 36.6 Å². The molecular weight excluding hydrogens is 182 g/mol. The Kier molecular flexibility index (Phi) is 4.00. The van der Waals surface area contributed by atoms with Gasteiger partial charge in [-0.1, -0.05) is 29.8 Å². The summed E-state index contributed by atoms with van der Waals surface area (Å²) in [4.78, 5) is 0. The van der Waals surface area contributed by atoms with Crippen LogP contribution in [0.15, 0.2) is 36.9 Å². The summed E-state index contributed by atoms with van der Waals surface area (Å²) < 4.78 is 0. The molecule has 0 heterocycles. The minimum absolute atomic E-state index is 0.370. The lowest BCUT2D eigenvalue weighted by Crippen LogP contribution is -2.11. The quantitative estimate of drug-likeness (QED) is 0.735. The maximum atomic E-state index is 5.79. The SMILES string of the molecule is C=CCC(CN)c1ccc(Cl)cc1. The molecule has 0 spiro atoms. The Morgan fingerprint density at radius 3 is 2.46 bits per heavy atom. The first-order valence-corrected chi connectivity index (χ1v) is 4.72. The van der Waals surface area contributed by atoms with Crippen LogP contribution in [0, 0.1) is 0 Å². The molecule has 0 radical (unpaired) electrons. The molecule has 1 unspecified atom stereocenters. The second kappa shape index (κ2) is 5.05. The van der Waals surface area contributed by atoms with E-state index in [0.29, 0.717) is 12.5 Å². The Bertz CT molecular complexity index is 266. The summed E-state index contributed by atoms with van der Waals surface area (Å²) in [7, 11) is 0. The summed E-state index contributed by atoms with van der Waals surface area (Å²) in [6.45, 7) is 4.36. The molecule has 0 fully saturated rings. The van der Waals surface area contributed by atoms with Crippen LogP contribution in [-0.2, 0) is 0 Å². The van der Waals surface area contributed by atoms with E-state index in [1.807, 2.05) is 30.3 Å². The molecule has 0 aliphatic heterocycles. The molecule has 1 rings (SSSR count). The van der Waals surface area contributed by atoms with Crippen LogP contribution in [0.1, 0.15) is 17.9 Å². The van der Waals surface area contributed by atoms with E-state index < -0.39 is 0 Å². The Hall–Kier alpha value is -0.790. The highest BCUT2D eigenvalue weighted by Gasteiger charge is 2.06. The summed E-state index contributed by atoms with van der Waals surface area (Å²) >= 11 is 5.79. The van der Waals surface area contributed by atoms with Gasteiger partial charge in [0, 0.05) is 5.02 Å². The molecule has 70 valence electrons. The molecule has 13 heavy (non-hydrogen) atoms. The number of allylic oxidation sites excluding steroid dienone is 1. The van der Waals surface area contributed by atoms with Gasteiger partial charge in [0.05, 0.1) is 0 Å². The molecule has 1 aromatic rings. The van der Waals surface area contributed by atoms with E-state index in [0.717, 1.165) is 11.4 Å². The highest BCUT2D eigenvalue weighted by molar-refractivity contribution is 6.30. The van der Waals surface area contributed by atoms with Crippen molar-refractivity contribution in [2.24, 2.45) is 5.73 Å². The maximum Gasteiger partial charge on any atom is 0.0406 e. The third-order valence-corrected chi connectivity index (χ3v) is 2.33. The van der Waals surface area contributed by atoms with Crippen molar-refractivity contribution in [1.29, 1.82) is 0 Å². The van der Waals surface area contributed by atoms with Crippen molar-refractivity contribution in [3.8, 4) is 0 Å². The van der Waals surface area contributed by atoms with E-state index in [1.165, 1.54) is 5.56 Å². The summed E-state index contributed by atoms with van der Waals surface area (Å²) in [5.41, 5.74) is 6.88. The van der Waals surface area contributed by atoms with Crippen LogP contribution in [-0.4, -0.2) is 6.54 Å². The molecule has 0 aliphatic carbocycles. The molecule has 1 atom stereocenters. The Morgan fingerprint density at radius 1 is 1.38 bits per heavy atom. The predicted octanol–water partition coefficient (Wildman–Crippen LogP) is 2.96. The van der Waals surface area contributed by atoms with Gasteiger partial charge in [-0.25, -0.2) is 0 Å². The van der Waals surface area contributed by atoms with Crippen LogP contribution in [0.2, 0.25) is 5.02 Å². The molecule has 0 aromatic heterocycles. The average Bonchev–Trinajstić information content (AvgIpc) is 2.16. The molecule has 2 N–H and O–H groups in total. The minimum atomic E-state index is 0.370. The first kappa shape index (κ1) is 10.3. The van der Waals surface area contributed by atoms with Crippen LogP contribution in [0.4, 0.5) is 0 Å². The first-order valence-electron chi connectivity index (χ1n) is 4.34. The Balaban J connectivity index is 2.78. The number of hydrogen-bond acceptors (Lipinski definition) is 1. The van der Waals surface area contributed by atoms with Crippen molar-refractivity contribution in [3.63, 3.8) is 0 Å².